The Kier molecular flexibility index (Phi) is 5.43. The first-order valence-corrected chi connectivity index (χ1v) is 10.4. The molecule has 1 amide bonds. The smallest absolute Gasteiger partial charge is 0.410 e. The van der Waals surface area contributed by atoms with E-state index in [1.807, 2.05) is 57.2 Å². The van der Waals surface area contributed by atoms with E-state index in [-0.39, 0.29) is 6.09 Å². The average molecular weight is 408 g/mol. The lowest BCUT2D eigenvalue weighted by Crippen LogP contribution is -2.49. The van der Waals surface area contributed by atoms with Gasteiger partial charge in [0.05, 0.1) is 0 Å². The van der Waals surface area contributed by atoms with Crippen LogP contribution < -0.4 is 5.73 Å². The molecule has 0 atom stereocenters. The molecule has 2 aromatic carbocycles. The standard InChI is InChI=1S/C24H29N3O3/c1-24(2,3)30-23(28)27-13-11-26(12-14-27)16-17-7-6-10-21-19(17)15-22(29-21)18-8-4-5-9-20(18)25/h4-10,15H,11-14,16,25H2,1-3H3. The molecule has 6 heteroatoms. The Labute approximate surface area is 177 Å². The van der Waals surface area contributed by atoms with Crippen LogP contribution in [-0.2, 0) is 11.3 Å². The van der Waals surface area contributed by atoms with Crippen LogP contribution >= 0.6 is 0 Å². The molecule has 0 bridgehead atoms. The summed E-state index contributed by atoms with van der Waals surface area (Å²) in [6.45, 7) is 9.45. The molecule has 2 heterocycles. The summed E-state index contributed by atoms with van der Waals surface area (Å²) < 4.78 is 11.6. The van der Waals surface area contributed by atoms with Gasteiger partial charge in [-0.15, -0.1) is 0 Å². The van der Waals surface area contributed by atoms with E-state index >= 15 is 0 Å². The van der Waals surface area contributed by atoms with Crippen molar-refractivity contribution >= 4 is 22.7 Å². The lowest BCUT2D eigenvalue weighted by molar-refractivity contribution is 0.0139. The highest BCUT2D eigenvalue weighted by atomic mass is 16.6. The van der Waals surface area contributed by atoms with Gasteiger partial charge in [-0.05, 0) is 50.6 Å². The molecule has 1 aromatic heterocycles. The zero-order valence-corrected chi connectivity index (χ0v) is 17.9. The molecule has 0 spiro atoms. The zero-order valence-electron chi connectivity index (χ0n) is 17.9. The topological polar surface area (TPSA) is 71.9 Å². The third-order valence-corrected chi connectivity index (χ3v) is 5.30. The maximum atomic E-state index is 12.3. The lowest BCUT2D eigenvalue weighted by Gasteiger charge is -2.35. The van der Waals surface area contributed by atoms with Crippen LogP contribution in [0.3, 0.4) is 0 Å². The fraction of sp³-hybridized carbons (Fsp3) is 0.375. The van der Waals surface area contributed by atoms with Crippen LogP contribution in [0.15, 0.2) is 52.9 Å². The molecular formula is C24H29N3O3. The van der Waals surface area contributed by atoms with Crippen molar-refractivity contribution in [3.05, 3.63) is 54.1 Å². The van der Waals surface area contributed by atoms with Crippen molar-refractivity contribution < 1.29 is 13.9 Å². The van der Waals surface area contributed by atoms with Crippen molar-refractivity contribution in [2.75, 3.05) is 31.9 Å². The SMILES string of the molecule is CC(C)(C)OC(=O)N1CCN(Cc2cccc3oc(-c4ccccc4N)cc23)CC1. The minimum Gasteiger partial charge on any atom is -0.456 e. The Morgan fingerprint density at radius 3 is 2.50 bits per heavy atom. The monoisotopic (exact) mass is 407 g/mol. The quantitative estimate of drug-likeness (QED) is 0.635. The fourth-order valence-electron chi connectivity index (χ4n) is 3.77. The summed E-state index contributed by atoms with van der Waals surface area (Å²) in [6.07, 6.45) is -0.232. The molecule has 1 aliphatic heterocycles. The first-order valence-electron chi connectivity index (χ1n) is 10.4. The Bertz CT molecular complexity index is 1040. The summed E-state index contributed by atoms with van der Waals surface area (Å²) in [5, 5.41) is 1.10. The van der Waals surface area contributed by atoms with E-state index in [2.05, 4.69) is 17.0 Å². The number of ether oxygens (including phenoxy) is 1. The highest BCUT2D eigenvalue weighted by Crippen LogP contribution is 2.33. The minimum absolute atomic E-state index is 0.232. The van der Waals surface area contributed by atoms with Crippen molar-refractivity contribution in [3.63, 3.8) is 0 Å². The van der Waals surface area contributed by atoms with Crippen molar-refractivity contribution in [1.29, 1.82) is 0 Å². The van der Waals surface area contributed by atoms with E-state index in [4.69, 9.17) is 14.9 Å². The Hall–Kier alpha value is -2.99. The van der Waals surface area contributed by atoms with Gasteiger partial charge in [-0.2, -0.15) is 0 Å². The van der Waals surface area contributed by atoms with Gasteiger partial charge < -0.3 is 19.8 Å². The number of anilines is 1. The number of nitrogens with zero attached hydrogens (tertiary/aromatic N) is 2. The molecule has 0 radical (unpaired) electrons. The van der Waals surface area contributed by atoms with E-state index in [1.54, 1.807) is 4.90 Å². The van der Waals surface area contributed by atoms with Gasteiger partial charge in [-0.1, -0.05) is 24.3 Å². The number of rotatable bonds is 3. The largest absolute Gasteiger partial charge is 0.456 e. The van der Waals surface area contributed by atoms with Crippen LogP contribution in [0.4, 0.5) is 10.5 Å². The molecule has 4 rings (SSSR count). The molecule has 30 heavy (non-hydrogen) atoms. The second-order valence-corrected chi connectivity index (χ2v) is 8.77. The maximum absolute atomic E-state index is 12.3. The van der Waals surface area contributed by atoms with Crippen molar-refractivity contribution in [3.8, 4) is 11.3 Å². The summed E-state index contributed by atoms with van der Waals surface area (Å²) in [7, 11) is 0. The Morgan fingerprint density at radius 2 is 1.80 bits per heavy atom. The predicted octanol–water partition coefficient (Wildman–Crippen LogP) is 4.73. The summed E-state index contributed by atoms with van der Waals surface area (Å²) >= 11 is 0. The van der Waals surface area contributed by atoms with Crippen LogP contribution in [0.2, 0.25) is 0 Å². The van der Waals surface area contributed by atoms with Crippen LogP contribution in [0, 0.1) is 0 Å². The number of carbonyl (C=O) groups is 1. The number of para-hydroxylation sites is 1. The highest BCUT2D eigenvalue weighted by molar-refractivity contribution is 5.88. The highest BCUT2D eigenvalue weighted by Gasteiger charge is 2.26. The van der Waals surface area contributed by atoms with Gasteiger partial charge in [0.1, 0.15) is 16.9 Å². The normalized spacial score (nSPS) is 15.5. The van der Waals surface area contributed by atoms with E-state index < -0.39 is 5.60 Å². The minimum atomic E-state index is -0.467. The molecule has 0 unspecified atom stereocenters. The number of furan rings is 1. The third kappa shape index (κ3) is 4.44. The van der Waals surface area contributed by atoms with Gasteiger partial charge >= 0.3 is 6.09 Å². The number of benzene rings is 2. The van der Waals surface area contributed by atoms with Gasteiger partial charge in [0.2, 0.25) is 0 Å². The van der Waals surface area contributed by atoms with Gasteiger partial charge in [-0.25, -0.2) is 4.79 Å². The number of piperazine rings is 1. The first kappa shape index (κ1) is 20.3. The van der Waals surface area contributed by atoms with Crippen LogP contribution in [0.25, 0.3) is 22.3 Å². The van der Waals surface area contributed by atoms with Gasteiger partial charge in [0, 0.05) is 49.4 Å². The van der Waals surface area contributed by atoms with Crippen LogP contribution in [0.5, 0.6) is 0 Å². The number of nitrogens with two attached hydrogens (primary N) is 1. The summed E-state index contributed by atoms with van der Waals surface area (Å²) in [4.78, 5) is 16.4. The molecular weight excluding hydrogens is 378 g/mol. The maximum Gasteiger partial charge on any atom is 0.410 e. The number of fused-ring (bicyclic) bond motifs is 1. The van der Waals surface area contributed by atoms with E-state index in [0.29, 0.717) is 18.8 Å². The summed E-state index contributed by atoms with van der Waals surface area (Å²) in [6, 6.07) is 16.0. The molecule has 3 aromatic rings. The third-order valence-electron chi connectivity index (χ3n) is 5.30. The molecule has 2 N–H and O–H groups in total. The molecule has 0 aliphatic carbocycles. The molecule has 1 aliphatic rings. The second-order valence-electron chi connectivity index (χ2n) is 8.77. The number of hydrogen-bond donors (Lipinski definition) is 1. The predicted molar refractivity (Wildman–Crippen MR) is 119 cm³/mol. The van der Waals surface area contributed by atoms with E-state index in [0.717, 1.165) is 41.9 Å². The lowest BCUT2D eigenvalue weighted by atomic mass is 10.1. The fourth-order valence-corrected chi connectivity index (χ4v) is 3.77. The van der Waals surface area contributed by atoms with Crippen molar-refractivity contribution in [2.45, 2.75) is 32.9 Å². The number of carbonyl (C=O) groups excluding carboxylic acids is 1. The summed E-state index contributed by atoms with van der Waals surface area (Å²) in [5.41, 5.74) is 9.34. The van der Waals surface area contributed by atoms with Gasteiger partial charge in [0.15, 0.2) is 0 Å². The number of nitrogen functional groups attached to an aromatic ring is 1. The Morgan fingerprint density at radius 1 is 1.07 bits per heavy atom. The molecule has 6 nitrogen and oxygen atoms in total. The number of amides is 1. The molecule has 1 fully saturated rings. The van der Waals surface area contributed by atoms with E-state index in [1.165, 1.54) is 5.56 Å². The molecule has 1 saturated heterocycles. The van der Waals surface area contributed by atoms with Gasteiger partial charge in [-0.3, -0.25) is 4.90 Å². The van der Waals surface area contributed by atoms with Crippen LogP contribution in [-0.4, -0.2) is 47.7 Å². The first-order chi connectivity index (χ1) is 14.3. The summed E-state index contributed by atoms with van der Waals surface area (Å²) in [5.74, 6) is 0.783. The van der Waals surface area contributed by atoms with Crippen molar-refractivity contribution in [2.24, 2.45) is 0 Å². The van der Waals surface area contributed by atoms with Gasteiger partial charge in [0.25, 0.3) is 0 Å². The van der Waals surface area contributed by atoms with E-state index in [9.17, 15) is 4.79 Å². The molecule has 158 valence electrons. The zero-order chi connectivity index (χ0) is 21.3. The number of hydrogen-bond acceptors (Lipinski definition) is 5. The molecule has 0 saturated carbocycles. The Balaban J connectivity index is 1.46. The van der Waals surface area contributed by atoms with Crippen molar-refractivity contribution in [1.82, 2.24) is 9.80 Å². The second kappa shape index (κ2) is 8.03. The van der Waals surface area contributed by atoms with Crippen LogP contribution in [0.1, 0.15) is 26.3 Å². The average Bonchev–Trinajstić information content (AvgIpc) is 3.13.